The molecule has 0 aromatic carbocycles. The van der Waals surface area contributed by atoms with Crippen molar-refractivity contribution in [3.63, 3.8) is 0 Å². The number of aromatic amines is 1. The Hall–Kier alpha value is -2.01. The number of fused-ring (bicyclic) bond motifs is 1. The van der Waals surface area contributed by atoms with Gasteiger partial charge in [0.25, 0.3) is 16.0 Å². The van der Waals surface area contributed by atoms with E-state index in [4.69, 9.17) is 4.74 Å². The second kappa shape index (κ2) is 8.62. The number of carbonyl (C=O) groups excluding carboxylic acids is 1. The van der Waals surface area contributed by atoms with Crippen LogP contribution in [0.25, 0.3) is 0 Å². The molecule has 0 bridgehead atoms. The summed E-state index contributed by atoms with van der Waals surface area (Å²) in [7, 11) is -3.65. The number of carbonyl (C=O) groups is 1. The first-order valence-electron chi connectivity index (χ1n) is 9.54. The highest BCUT2D eigenvalue weighted by molar-refractivity contribution is 7.85. The van der Waals surface area contributed by atoms with Gasteiger partial charge < -0.3 is 9.64 Å². The van der Waals surface area contributed by atoms with Crippen LogP contribution in [0.1, 0.15) is 57.5 Å². The Balaban J connectivity index is 2.13. The van der Waals surface area contributed by atoms with Crippen molar-refractivity contribution < 1.29 is 30.9 Å². The van der Waals surface area contributed by atoms with Crippen LogP contribution < -0.4 is 0 Å². The lowest BCUT2D eigenvalue weighted by Gasteiger charge is -2.35. The van der Waals surface area contributed by atoms with Gasteiger partial charge in [-0.3, -0.25) is 9.28 Å². The van der Waals surface area contributed by atoms with Crippen molar-refractivity contribution in [2.75, 3.05) is 12.9 Å². The fraction of sp³-hybridized carbons (Fsp3) is 0.684. The summed E-state index contributed by atoms with van der Waals surface area (Å²) in [6, 6.07) is -0.250. The summed E-state index contributed by atoms with van der Waals surface area (Å²) >= 11 is 0. The van der Waals surface area contributed by atoms with Crippen molar-refractivity contribution in [1.82, 2.24) is 15.1 Å². The second-order valence-electron chi connectivity index (χ2n) is 8.59. The monoisotopic (exact) mass is 449 g/mol. The SMILES string of the molecule is C=C(CCOS(C)(=O)=O)CC(F)(F)c1[nH]nc2c1CN(C(=O)OC(C)(C)C)[C@H](C)C2. The number of nitrogens with one attached hydrogen (secondary N) is 1. The van der Waals surface area contributed by atoms with Crippen molar-refractivity contribution in [2.24, 2.45) is 0 Å². The molecule has 0 saturated carbocycles. The minimum Gasteiger partial charge on any atom is -0.444 e. The van der Waals surface area contributed by atoms with Gasteiger partial charge in [-0.2, -0.15) is 22.3 Å². The molecule has 1 amide bonds. The van der Waals surface area contributed by atoms with E-state index >= 15 is 0 Å². The zero-order chi connectivity index (χ0) is 22.9. The number of alkyl halides is 2. The van der Waals surface area contributed by atoms with Crippen LogP contribution in [-0.2, 0) is 37.9 Å². The molecule has 0 fully saturated rings. The van der Waals surface area contributed by atoms with Gasteiger partial charge in [0.1, 0.15) is 11.3 Å². The summed E-state index contributed by atoms with van der Waals surface area (Å²) in [5, 5.41) is 6.45. The van der Waals surface area contributed by atoms with Crippen LogP contribution in [-0.4, -0.2) is 54.1 Å². The topological polar surface area (TPSA) is 102 Å². The van der Waals surface area contributed by atoms with Gasteiger partial charge in [0.2, 0.25) is 0 Å². The number of halogens is 2. The maximum atomic E-state index is 15.0. The fourth-order valence-corrected chi connectivity index (χ4v) is 3.54. The average molecular weight is 450 g/mol. The zero-order valence-electron chi connectivity index (χ0n) is 17.9. The van der Waals surface area contributed by atoms with Crippen LogP contribution in [0.2, 0.25) is 0 Å². The summed E-state index contributed by atoms with van der Waals surface area (Å²) in [6.45, 7) is 10.3. The molecule has 1 aromatic heterocycles. The number of amides is 1. The zero-order valence-corrected chi connectivity index (χ0v) is 18.7. The molecule has 1 N–H and O–H groups in total. The molecular formula is C19H29F2N3O5S. The predicted octanol–water partition coefficient (Wildman–Crippen LogP) is 3.50. The molecule has 0 spiro atoms. The van der Waals surface area contributed by atoms with Crippen LogP contribution in [0.3, 0.4) is 0 Å². The Kier molecular flexibility index (Phi) is 6.97. The number of nitrogens with zero attached hydrogens (tertiary/aromatic N) is 2. The molecule has 0 unspecified atom stereocenters. The van der Waals surface area contributed by atoms with Gasteiger partial charge in [0.15, 0.2) is 0 Å². The number of ether oxygens (including phenoxy) is 1. The first kappa shape index (κ1) is 24.3. The Morgan fingerprint density at radius 1 is 1.37 bits per heavy atom. The van der Waals surface area contributed by atoms with Gasteiger partial charge in [-0.05, 0) is 34.1 Å². The Morgan fingerprint density at radius 2 is 2.00 bits per heavy atom. The number of rotatable bonds is 7. The molecule has 0 radical (unpaired) electrons. The lowest BCUT2D eigenvalue weighted by molar-refractivity contribution is -0.0125. The number of hydrogen-bond acceptors (Lipinski definition) is 6. The normalized spacial score (nSPS) is 17.6. The van der Waals surface area contributed by atoms with Gasteiger partial charge in [0.05, 0.1) is 25.1 Å². The fourth-order valence-electron chi connectivity index (χ4n) is 3.15. The Bertz CT molecular complexity index is 906. The third kappa shape index (κ3) is 6.49. The van der Waals surface area contributed by atoms with E-state index in [9.17, 15) is 22.0 Å². The smallest absolute Gasteiger partial charge is 0.410 e. The Labute approximate surface area is 175 Å². The maximum Gasteiger partial charge on any atom is 0.410 e. The summed E-state index contributed by atoms with van der Waals surface area (Å²) < 4.78 is 61.9. The van der Waals surface area contributed by atoms with Crippen LogP contribution in [0.4, 0.5) is 13.6 Å². The predicted molar refractivity (Wildman–Crippen MR) is 107 cm³/mol. The molecular weight excluding hydrogens is 420 g/mol. The quantitative estimate of drug-likeness (QED) is 0.505. The number of hydrogen-bond donors (Lipinski definition) is 1. The van der Waals surface area contributed by atoms with Gasteiger partial charge in [-0.25, -0.2) is 4.79 Å². The van der Waals surface area contributed by atoms with Gasteiger partial charge in [-0.15, -0.1) is 0 Å². The highest BCUT2D eigenvalue weighted by Crippen LogP contribution is 2.39. The molecule has 1 aliphatic rings. The van der Waals surface area contributed by atoms with E-state index in [-0.39, 0.29) is 42.4 Å². The Morgan fingerprint density at radius 3 is 2.57 bits per heavy atom. The van der Waals surface area contributed by atoms with E-state index in [0.717, 1.165) is 6.26 Å². The van der Waals surface area contributed by atoms with Crippen molar-refractivity contribution in [1.29, 1.82) is 0 Å². The molecule has 30 heavy (non-hydrogen) atoms. The van der Waals surface area contributed by atoms with Gasteiger partial charge in [0, 0.05) is 24.4 Å². The van der Waals surface area contributed by atoms with Crippen molar-refractivity contribution in [3.05, 3.63) is 29.1 Å². The molecule has 11 heteroatoms. The molecule has 0 aliphatic carbocycles. The molecule has 1 aliphatic heterocycles. The maximum absolute atomic E-state index is 15.0. The van der Waals surface area contributed by atoms with Crippen molar-refractivity contribution >= 4 is 16.2 Å². The molecule has 8 nitrogen and oxygen atoms in total. The summed E-state index contributed by atoms with van der Waals surface area (Å²) in [4.78, 5) is 13.9. The van der Waals surface area contributed by atoms with Crippen LogP contribution in [0.5, 0.6) is 0 Å². The lowest BCUT2D eigenvalue weighted by Crippen LogP contribution is -2.45. The first-order valence-corrected chi connectivity index (χ1v) is 11.4. The van der Waals surface area contributed by atoms with Crippen LogP contribution in [0, 0.1) is 0 Å². The number of H-pyrrole nitrogens is 1. The van der Waals surface area contributed by atoms with Crippen molar-refractivity contribution in [3.8, 4) is 0 Å². The third-order valence-electron chi connectivity index (χ3n) is 4.52. The average Bonchev–Trinajstić information content (AvgIpc) is 2.94. The summed E-state index contributed by atoms with van der Waals surface area (Å²) in [6.07, 6.45) is -0.0850. The van der Waals surface area contributed by atoms with Crippen molar-refractivity contribution in [2.45, 2.75) is 71.1 Å². The molecule has 1 aromatic rings. The van der Waals surface area contributed by atoms with E-state index in [0.29, 0.717) is 12.1 Å². The minimum atomic E-state index is -3.65. The van der Waals surface area contributed by atoms with Crippen LogP contribution >= 0.6 is 0 Å². The highest BCUT2D eigenvalue weighted by Gasteiger charge is 2.41. The standard InChI is InChI=1S/C19H29F2N3O5S/c1-12(7-8-28-30(6,26)27)10-19(20,21)16-14-11-24(17(25)29-18(3,4)5)13(2)9-15(14)22-23-16/h13H,1,7-11H2,2-6H3,(H,22,23)/t13-/m1/s1. The number of aromatic nitrogens is 2. The van der Waals surface area contributed by atoms with E-state index in [1.807, 2.05) is 6.92 Å². The summed E-state index contributed by atoms with van der Waals surface area (Å²) in [5.41, 5.74) is -0.179. The molecule has 2 heterocycles. The first-order chi connectivity index (χ1) is 13.6. The third-order valence-corrected chi connectivity index (χ3v) is 5.12. The molecule has 2 rings (SSSR count). The summed E-state index contributed by atoms with van der Waals surface area (Å²) in [5.74, 6) is -3.32. The second-order valence-corrected chi connectivity index (χ2v) is 10.2. The van der Waals surface area contributed by atoms with Gasteiger partial charge >= 0.3 is 6.09 Å². The largest absolute Gasteiger partial charge is 0.444 e. The van der Waals surface area contributed by atoms with Crippen LogP contribution in [0.15, 0.2) is 12.2 Å². The van der Waals surface area contributed by atoms with E-state index < -0.39 is 34.2 Å². The molecule has 1 atom stereocenters. The van der Waals surface area contributed by atoms with E-state index in [2.05, 4.69) is 21.0 Å². The lowest BCUT2D eigenvalue weighted by atomic mass is 9.95. The molecule has 0 saturated heterocycles. The molecule has 170 valence electrons. The van der Waals surface area contributed by atoms with E-state index in [1.165, 1.54) is 4.90 Å². The van der Waals surface area contributed by atoms with Gasteiger partial charge in [-0.1, -0.05) is 12.2 Å². The van der Waals surface area contributed by atoms with E-state index in [1.54, 1.807) is 20.8 Å². The highest BCUT2D eigenvalue weighted by atomic mass is 32.2. The minimum absolute atomic E-state index is 0.0277.